The van der Waals surface area contributed by atoms with Crippen molar-refractivity contribution < 1.29 is 4.79 Å². The molecular formula is C20H22N4O. The summed E-state index contributed by atoms with van der Waals surface area (Å²) in [7, 11) is 0. The molecule has 1 aliphatic rings. The van der Waals surface area contributed by atoms with Crippen LogP contribution in [0.5, 0.6) is 0 Å². The van der Waals surface area contributed by atoms with Crippen LogP contribution in [-0.2, 0) is 6.42 Å². The standard InChI is InChI=1S/C20H22N4O/c1-14-4-2-7-21-18(14)20(25)24-9-3-5-15(13-24)10-16-11-17-6-8-22-19(17)23-12-16/h2,4,6-8,11-12,15H,3,5,9-10,13H2,1H3,(H,22,23)/t15-/m0/s1. The summed E-state index contributed by atoms with van der Waals surface area (Å²) < 4.78 is 0. The molecule has 1 amide bonds. The molecule has 1 aliphatic heterocycles. The van der Waals surface area contributed by atoms with E-state index in [1.54, 1.807) is 6.20 Å². The minimum Gasteiger partial charge on any atom is -0.346 e. The van der Waals surface area contributed by atoms with Crippen molar-refractivity contribution in [3.63, 3.8) is 0 Å². The summed E-state index contributed by atoms with van der Waals surface area (Å²) in [6.45, 7) is 3.56. The van der Waals surface area contributed by atoms with E-state index in [-0.39, 0.29) is 5.91 Å². The molecular weight excluding hydrogens is 312 g/mol. The van der Waals surface area contributed by atoms with Crippen LogP contribution in [0.1, 0.15) is 34.5 Å². The lowest BCUT2D eigenvalue weighted by atomic mass is 9.91. The van der Waals surface area contributed by atoms with Crippen LogP contribution in [0, 0.1) is 12.8 Å². The number of piperidine rings is 1. The molecule has 0 radical (unpaired) electrons. The molecule has 4 heterocycles. The van der Waals surface area contributed by atoms with E-state index < -0.39 is 0 Å². The molecule has 1 saturated heterocycles. The van der Waals surface area contributed by atoms with Gasteiger partial charge in [0.05, 0.1) is 0 Å². The largest absolute Gasteiger partial charge is 0.346 e. The van der Waals surface area contributed by atoms with E-state index in [0.717, 1.165) is 48.9 Å². The van der Waals surface area contributed by atoms with Crippen LogP contribution in [-0.4, -0.2) is 38.8 Å². The maximum absolute atomic E-state index is 12.8. The van der Waals surface area contributed by atoms with Crippen molar-refractivity contribution in [2.24, 2.45) is 5.92 Å². The molecule has 0 spiro atoms. The Bertz CT molecular complexity index is 901. The molecule has 0 aliphatic carbocycles. The van der Waals surface area contributed by atoms with Crippen LogP contribution in [0.25, 0.3) is 11.0 Å². The normalized spacial score (nSPS) is 17.8. The molecule has 0 bridgehead atoms. The van der Waals surface area contributed by atoms with Gasteiger partial charge in [0.15, 0.2) is 0 Å². The number of hydrogen-bond donors (Lipinski definition) is 1. The molecule has 5 heteroatoms. The summed E-state index contributed by atoms with van der Waals surface area (Å²) in [5.74, 6) is 0.530. The fraction of sp³-hybridized carbons (Fsp3) is 0.350. The lowest BCUT2D eigenvalue weighted by Crippen LogP contribution is -2.41. The van der Waals surface area contributed by atoms with E-state index in [4.69, 9.17) is 0 Å². The number of carbonyl (C=O) groups excluding carboxylic acids is 1. The molecule has 128 valence electrons. The highest BCUT2D eigenvalue weighted by atomic mass is 16.2. The van der Waals surface area contributed by atoms with Gasteiger partial charge in [0.2, 0.25) is 0 Å². The van der Waals surface area contributed by atoms with Crippen LogP contribution < -0.4 is 0 Å². The number of aromatic nitrogens is 3. The molecule has 0 aromatic carbocycles. The number of amides is 1. The van der Waals surface area contributed by atoms with Crippen LogP contribution in [0.15, 0.2) is 42.9 Å². The summed E-state index contributed by atoms with van der Waals surface area (Å²) in [5.41, 5.74) is 3.69. The van der Waals surface area contributed by atoms with Gasteiger partial charge in [-0.05, 0) is 61.4 Å². The first kappa shape index (κ1) is 15.8. The van der Waals surface area contributed by atoms with Crippen molar-refractivity contribution in [1.82, 2.24) is 19.9 Å². The summed E-state index contributed by atoms with van der Waals surface area (Å²) in [4.78, 5) is 26.7. The first-order valence-corrected chi connectivity index (χ1v) is 8.83. The second-order valence-electron chi connectivity index (χ2n) is 6.89. The third kappa shape index (κ3) is 3.27. The molecule has 0 unspecified atom stereocenters. The van der Waals surface area contributed by atoms with Gasteiger partial charge in [-0.2, -0.15) is 0 Å². The van der Waals surface area contributed by atoms with Gasteiger partial charge < -0.3 is 9.88 Å². The van der Waals surface area contributed by atoms with Crippen molar-refractivity contribution >= 4 is 16.9 Å². The zero-order valence-electron chi connectivity index (χ0n) is 14.4. The van der Waals surface area contributed by atoms with E-state index in [0.29, 0.717) is 11.6 Å². The van der Waals surface area contributed by atoms with Crippen LogP contribution in [0.4, 0.5) is 0 Å². The molecule has 1 atom stereocenters. The minimum atomic E-state index is 0.0574. The van der Waals surface area contributed by atoms with E-state index in [9.17, 15) is 4.79 Å². The van der Waals surface area contributed by atoms with Gasteiger partial charge in [-0.15, -0.1) is 0 Å². The average molecular weight is 334 g/mol. The molecule has 3 aromatic rings. The second kappa shape index (κ2) is 6.67. The molecule has 3 aromatic heterocycles. The van der Waals surface area contributed by atoms with Crippen molar-refractivity contribution in [3.05, 3.63) is 59.7 Å². The second-order valence-corrected chi connectivity index (χ2v) is 6.89. The third-order valence-corrected chi connectivity index (χ3v) is 5.00. The molecule has 1 fully saturated rings. The number of fused-ring (bicyclic) bond motifs is 1. The number of rotatable bonds is 3. The van der Waals surface area contributed by atoms with Gasteiger partial charge in [0.1, 0.15) is 11.3 Å². The Kier molecular flexibility index (Phi) is 4.22. The van der Waals surface area contributed by atoms with Gasteiger partial charge in [0.25, 0.3) is 5.91 Å². The van der Waals surface area contributed by atoms with Crippen LogP contribution in [0.2, 0.25) is 0 Å². The smallest absolute Gasteiger partial charge is 0.272 e. The lowest BCUT2D eigenvalue weighted by molar-refractivity contribution is 0.0666. The fourth-order valence-corrected chi connectivity index (χ4v) is 3.71. The summed E-state index contributed by atoms with van der Waals surface area (Å²) in [5, 5.41) is 1.14. The Morgan fingerprint density at radius 1 is 1.36 bits per heavy atom. The molecule has 4 rings (SSSR count). The predicted molar refractivity (Wildman–Crippen MR) is 97.4 cm³/mol. The van der Waals surface area contributed by atoms with Gasteiger partial charge in [-0.1, -0.05) is 6.07 Å². The Labute approximate surface area is 147 Å². The monoisotopic (exact) mass is 334 g/mol. The van der Waals surface area contributed by atoms with E-state index in [1.165, 1.54) is 5.56 Å². The Balaban J connectivity index is 1.47. The quantitative estimate of drug-likeness (QED) is 0.799. The SMILES string of the molecule is Cc1cccnc1C(=O)N1CCC[C@@H](Cc2cnc3[nH]ccc3c2)C1. The number of H-pyrrole nitrogens is 1. The molecule has 25 heavy (non-hydrogen) atoms. The maximum atomic E-state index is 12.8. The molecule has 0 saturated carbocycles. The topological polar surface area (TPSA) is 61.9 Å². The number of hydrogen-bond acceptors (Lipinski definition) is 3. The zero-order chi connectivity index (χ0) is 17.2. The highest BCUT2D eigenvalue weighted by molar-refractivity contribution is 5.93. The summed E-state index contributed by atoms with van der Waals surface area (Å²) >= 11 is 0. The number of aromatic amines is 1. The van der Waals surface area contributed by atoms with Crippen molar-refractivity contribution in [1.29, 1.82) is 0 Å². The lowest BCUT2D eigenvalue weighted by Gasteiger charge is -2.33. The van der Waals surface area contributed by atoms with Crippen molar-refractivity contribution in [2.45, 2.75) is 26.2 Å². The molecule has 5 nitrogen and oxygen atoms in total. The highest BCUT2D eigenvalue weighted by Crippen LogP contribution is 2.23. The summed E-state index contributed by atoms with van der Waals surface area (Å²) in [6, 6.07) is 8.06. The van der Waals surface area contributed by atoms with Crippen molar-refractivity contribution in [2.75, 3.05) is 13.1 Å². The van der Waals surface area contributed by atoms with Crippen molar-refractivity contribution in [3.8, 4) is 0 Å². The average Bonchev–Trinajstić information content (AvgIpc) is 3.09. The Hall–Kier alpha value is -2.69. The molecule has 1 N–H and O–H groups in total. The number of nitrogens with zero attached hydrogens (tertiary/aromatic N) is 3. The fourth-order valence-electron chi connectivity index (χ4n) is 3.71. The number of pyridine rings is 2. The van der Waals surface area contributed by atoms with Gasteiger partial charge in [-0.3, -0.25) is 9.78 Å². The first-order chi connectivity index (χ1) is 12.2. The highest BCUT2D eigenvalue weighted by Gasteiger charge is 2.26. The first-order valence-electron chi connectivity index (χ1n) is 8.83. The van der Waals surface area contributed by atoms with E-state index in [1.807, 2.05) is 42.4 Å². The van der Waals surface area contributed by atoms with Gasteiger partial charge in [-0.25, -0.2) is 4.98 Å². The Morgan fingerprint density at radius 3 is 3.16 bits per heavy atom. The number of nitrogens with one attached hydrogen (secondary N) is 1. The van der Waals surface area contributed by atoms with Gasteiger partial charge >= 0.3 is 0 Å². The van der Waals surface area contributed by atoms with Gasteiger partial charge in [0, 0.05) is 37.1 Å². The maximum Gasteiger partial charge on any atom is 0.272 e. The zero-order valence-corrected chi connectivity index (χ0v) is 14.4. The number of likely N-dealkylation sites (tertiary alicyclic amines) is 1. The van der Waals surface area contributed by atoms with E-state index in [2.05, 4.69) is 21.0 Å². The van der Waals surface area contributed by atoms with E-state index >= 15 is 0 Å². The minimum absolute atomic E-state index is 0.0574. The number of carbonyl (C=O) groups is 1. The number of aryl methyl sites for hydroxylation is 1. The Morgan fingerprint density at radius 2 is 2.28 bits per heavy atom. The predicted octanol–water partition coefficient (Wildman–Crippen LogP) is 3.36. The third-order valence-electron chi connectivity index (χ3n) is 5.00. The summed E-state index contributed by atoms with van der Waals surface area (Å²) in [6.07, 6.45) is 8.71. The van der Waals surface area contributed by atoms with Crippen LogP contribution >= 0.6 is 0 Å². The van der Waals surface area contributed by atoms with Crippen LogP contribution in [0.3, 0.4) is 0 Å².